The first-order valence-electron chi connectivity index (χ1n) is 8.25. The Labute approximate surface area is 117 Å². The predicted molar refractivity (Wildman–Crippen MR) is 79.0 cm³/mol. The lowest BCUT2D eigenvalue weighted by Crippen LogP contribution is -2.49. The number of rotatable bonds is 7. The summed E-state index contributed by atoms with van der Waals surface area (Å²) in [6.45, 7) is 4.22. The van der Waals surface area contributed by atoms with E-state index in [1.54, 1.807) is 0 Å². The van der Waals surface area contributed by atoms with Gasteiger partial charge in [-0.2, -0.15) is 0 Å². The molecule has 0 radical (unpaired) electrons. The fraction of sp³-hybridized carbons (Fsp3) is 0.938. The Kier molecular flexibility index (Phi) is 5.68. The standard InChI is InChI=1S/C16H30N2O/c1-3-14(11-13-9-10-13)17-12(2)16(19)18-15-7-5-4-6-8-15/h12-15,17H,3-11H2,1-2H3,(H,18,19). The van der Waals surface area contributed by atoms with Crippen molar-refractivity contribution in [1.29, 1.82) is 0 Å². The van der Waals surface area contributed by atoms with Crippen molar-refractivity contribution in [1.82, 2.24) is 10.6 Å². The van der Waals surface area contributed by atoms with Crippen LogP contribution in [0.4, 0.5) is 0 Å². The van der Waals surface area contributed by atoms with Crippen LogP contribution in [0.5, 0.6) is 0 Å². The second kappa shape index (κ2) is 7.28. The molecule has 2 rings (SSSR count). The summed E-state index contributed by atoms with van der Waals surface area (Å²) < 4.78 is 0. The van der Waals surface area contributed by atoms with Crippen molar-refractivity contribution in [3.8, 4) is 0 Å². The van der Waals surface area contributed by atoms with Gasteiger partial charge in [-0.3, -0.25) is 4.79 Å². The molecule has 3 nitrogen and oxygen atoms in total. The molecule has 2 aliphatic rings. The predicted octanol–water partition coefficient (Wildman–Crippen LogP) is 2.99. The summed E-state index contributed by atoms with van der Waals surface area (Å²) in [5.41, 5.74) is 0. The van der Waals surface area contributed by atoms with E-state index >= 15 is 0 Å². The second-order valence-electron chi connectivity index (χ2n) is 6.52. The summed E-state index contributed by atoms with van der Waals surface area (Å²) in [6, 6.07) is 0.888. The average Bonchev–Trinajstić information content (AvgIpc) is 3.23. The Hall–Kier alpha value is -0.570. The number of carbonyl (C=O) groups excluding carboxylic acids is 1. The monoisotopic (exact) mass is 266 g/mol. The van der Waals surface area contributed by atoms with E-state index < -0.39 is 0 Å². The van der Waals surface area contributed by atoms with Crippen LogP contribution in [0.1, 0.15) is 71.6 Å². The maximum Gasteiger partial charge on any atom is 0.237 e. The maximum atomic E-state index is 12.2. The van der Waals surface area contributed by atoms with E-state index in [0.29, 0.717) is 12.1 Å². The zero-order chi connectivity index (χ0) is 13.7. The molecule has 2 unspecified atom stereocenters. The van der Waals surface area contributed by atoms with Crippen LogP contribution in [0.3, 0.4) is 0 Å². The zero-order valence-electron chi connectivity index (χ0n) is 12.6. The van der Waals surface area contributed by atoms with E-state index in [-0.39, 0.29) is 11.9 Å². The van der Waals surface area contributed by atoms with Gasteiger partial charge in [-0.1, -0.05) is 39.0 Å². The summed E-state index contributed by atoms with van der Waals surface area (Å²) in [4.78, 5) is 12.2. The molecule has 2 fully saturated rings. The Balaban J connectivity index is 1.70. The summed E-state index contributed by atoms with van der Waals surface area (Å²) in [5.74, 6) is 1.12. The van der Waals surface area contributed by atoms with Gasteiger partial charge in [0.2, 0.25) is 5.91 Å². The number of hydrogen-bond acceptors (Lipinski definition) is 2. The summed E-state index contributed by atoms with van der Waals surface area (Å²) in [5, 5.41) is 6.73. The topological polar surface area (TPSA) is 41.1 Å². The van der Waals surface area contributed by atoms with Gasteiger partial charge in [0.05, 0.1) is 6.04 Å². The van der Waals surface area contributed by atoms with Crippen molar-refractivity contribution in [2.45, 2.75) is 89.8 Å². The summed E-state index contributed by atoms with van der Waals surface area (Å²) in [6.07, 6.45) is 11.4. The molecule has 0 heterocycles. The van der Waals surface area contributed by atoms with Gasteiger partial charge in [0.15, 0.2) is 0 Å². The minimum absolute atomic E-state index is 0.0503. The molecule has 3 heteroatoms. The minimum Gasteiger partial charge on any atom is -0.352 e. The molecule has 2 atom stereocenters. The SMILES string of the molecule is CCC(CC1CC1)NC(C)C(=O)NC1CCCCC1. The van der Waals surface area contributed by atoms with Gasteiger partial charge in [0.25, 0.3) is 0 Å². The molecule has 0 spiro atoms. The van der Waals surface area contributed by atoms with Crippen molar-refractivity contribution < 1.29 is 4.79 Å². The summed E-state index contributed by atoms with van der Waals surface area (Å²) >= 11 is 0. The molecular weight excluding hydrogens is 236 g/mol. The molecule has 0 aromatic carbocycles. The molecule has 0 aromatic heterocycles. The van der Waals surface area contributed by atoms with Crippen LogP contribution < -0.4 is 10.6 Å². The number of nitrogens with one attached hydrogen (secondary N) is 2. The maximum absolute atomic E-state index is 12.2. The fourth-order valence-electron chi connectivity index (χ4n) is 3.11. The number of carbonyl (C=O) groups is 1. The Bertz CT molecular complexity index is 282. The summed E-state index contributed by atoms with van der Waals surface area (Å²) in [7, 11) is 0. The molecule has 0 aromatic rings. The Morgan fingerprint density at radius 3 is 2.42 bits per heavy atom. The van der Waals surface area contributed by atoms with Crippen LogP contribution in [-0.4, -0.2) is 24.0 Å². The van der Waals surface area contributed by atoms with Crippen LogP contribution in [-0.2, 0) is 4.79 Å². The average molecular weight is 266 g/mol. The van der Waals surface area contributed by atoms with Crippen LogP contribution in [0.15, 0.2) is 0 Å². The zero-order valence-corrected chi connectivity index (χ0v) is 12.6. The van der Waals surface area contributed by atoms with Crippen LogP contribution in [0, 0.1) is 5.92 Å². The third-order valence-electron chi connectivity index (χ3n) is 4.64. The molecule has 110 valence electrons. The van der Waals surface area contributed by atoms with Gasteiger partial charge in [-0.05, 0) is 38.5 Å². The van der Waals surface area contributed by atoms with Gasteiger partial charge < -0.3 is 10.6 Å². The van der Waals surface area contributed by atoms with Gasteiger partial charge in [0.1, 0.15) is 0 Å². The Morgan fingerprint density at radius 2 is 1.84 bits per heavy atom. The number of hydrogen-bond donors (Lipinski definition) is 2. The Morgan fingerprint density at radius 1 is 1.16 bits per heavy atom. The smallest absolute Gasteiger partial charge is 0.237 e. The number of amides is 1. The van der Waals surface area contributed by atoms with E-state index in [4.69, 9.17) is 0 Å². The van der Waals surface area contributed by atoms with Gasteiger partial charge in [-0.15, -0.1) is 0 Å². The van der Waals surface area contributed by atoms with E-state index in [0.717, 1.165) is 25.2 Å². The van der Waals surface area contributed by atoms with Crippen LogP contribution >= 0.6 is 0 Å². The first-order chi connectivity index (χ1) is 9.19. The van der Waals surface area contributed by atoms with Crippen molar-refractivity contribution in [2.75, 3.05) is 0 Å². The second-order valence-corrected chi connectivity index (χ2v) is 6.52. The van der Waals surface area contributed by atoms with Crippen molar-refractivity contribution in [3.05, 3.63) is 0 Å². The lowest BCUT2D eigenvalue weighted by atomic mass is 9.95. The molecular formula is C16H30N2O. The molecule has 2 aliphatic carbocycles. The van der Waals surface area contributed by atoms with E-state index in [9.17, 15) is 4.79 Å². The van der Waals surface area contributed by atoms with Gasteiger partial charge in [-0.25, -0.2) is 0 Å². The van der Waals surface area contributed by atoms with E-state index in [2.05, 4.69) is 17.6 Å². The fourth-order valence-corrected chi connectivity index (χ4v) is 3.11. The molecule has 1 amide bonds. The van der Waals surface area contributed by atoms with Gasteiger partial charge >= 0.3 is 0 Å². The third-order valence-corrected chi connectivity index (χ3v) is 4.64. The van der Waals surface area contributed by atoms with Crippen LogP contribution in [0.2, 0.25) is 0 Å². The van der Waals surface area contributed by atoms with Crippen molar-refractivity contribution in [3.63, 3.8) is 0 Å². The van der Waals surface area contributed by atoms with Crippen molar-refractivity contribution in [2.24, 2.45) is 5.92 Å². The highest BCUT2D eigenvalue weighted by Gasteiger charge is 2.27. The largest absolute Gasteiger partial charge is 0.352 e. The van der Waals surface area contributed by atoms with E-state index in [1.165, 1.54) is 38.5 Å². The first kappa shape index (κ1) is 14.8. The molecule has 2 saturated carbocycles. The highest BCUT2D eigenvalue weighted by molar-refractivity contribution is 5.81. The highest BCUT2D eigenvalue weighted by atomic mass is 16.2. The van der Waals surface area contributed by atoms with Crippen molar-refractivity contribution >= 4 is 5.91 Å². The molecule has 0 bridgehead atoms. The lowest BCUT2D eigenvalue weighted by molar-refractivity contribution is -0.123. The molecule has 19 heavy (non-hydrogen) atoms. The first-order valence-corrected chi connectivity index (χ1v) is 8.25. The lowest BCUT2D eigenvalue weighted by Gasteiger charge is -2.26. The van der Waals surface area contributed by atoms with Crippen LogP contribution in [0.25, 0.3) is 0 Å². The molecule has 2 N–H and O–H groups in total. The van der Waals surface area contributed by atoms with Gasteiger partial charge in [0, 0.05) is 12.1 Å². The molecule has 0 saturated heterocycles. The minimum atomic E-state index is -0.0503. The highest BCUT2D eigenvalue weighted by Crippen LogP contribution is 2.34. The third kappa shape index (κ3) is 5.13. The normalized spacial score (nSPS) is 23.9. The quantitative estimate of drug-likeness (QED) is 0.744. The molecule has 0 aliphatic heterocycles. The van der Waals surface area contributed by atoms with E-state index in [1.807, 2.05) is 6.92 Å².